The summed E-state index contributed by atoms with van der Waals surface area (Å²) < 4.78 is 0. The van der Waals surface area contributed by atoms with Crippen molar-refractivity contribution < 1.29 is 4.79 Å². The molecule has 1 aromatic heterocycles. The van der Waals surface area contributed by atoms with Crippen molar-refractivity contribution in [3.05, 3.63) is 47.9 Å². The number of nitrogens with zero attached hydrogens (tertiary/aromatic N) is 2. The fraction of sp³-hybridized carbons (Fsp3) is 0.312. The fourth-order valence-corrected chi connectivity index (χ4v) is 1.79. The van der Waals surface area contributed by atoms with Crippen LogP contribution in [0.1, 0.15) is 36.8 Å². The molecule has 1 aromatic carbocycles. The lowest BCUT2D eigenvalue weighted by Crippen LogP contribution is -2.27. The number of anilines is 2. The highest BCUT2D eigenvalue weighted by Gasteiger charge is 2.12. The summed E-state index contributed by atoms with van der Waals surface area (Å²) in [7, 11) is 0. The number of aromatic nitrogens is 2. The Morgan fingerprint density at radius 1 is 1.10 bits per heavy atom. The van der Waals surface area contributed by atoms with Crippen molar-refractivity contribution in [2.75, 3.05) is 10.6 Å². The summed E-state index contributed by atoms with van der Waals surface area (Å²) in [6.07, 6.45) is 3.04. The number of hydrogen-bond donors (Lipinski definition) is 2. The summed E-state index contributed by atoms with van der Waals surface area (Å²) in [5.41, 5.74) is 1.98. The SMILES string of the molecule is Cc1ccccc1NC(=O)c1cnc(NC(C)(C)C)cn1. The van der Waals surface area contributed by atoms with Crippen molar-refractivity contribution in [3.63, 3.8) is 0 Å². The van der Waals surface area contributed by atoms with E-state index in [2.05, 4.69) is 20.6 Å². The van der Waals surface area contributed by atoms with Gasteiger partial charge in [0.15, 0.2) is 0 Å². The standard InChI is InChI=1S/C16H20N4O/c1-11-7-5-6-8-12(11)19-15(21)13-9-18-14(10-17-13)20-16(2,3)4/h5-10H,1-4H3,(H,18,20)(H,19,21). The largest absolute Gasteiger partial charge is 0.364 e. The lowest BCUT2D eigenvalue weighted by molar-refractivity contribution is 0.102. The van der Waals surface area contributed by atoms with Crippen LogP contribution in [0, 0.1) is 6.92 Å². The Bertz CT molecular complexity index is 629. The molecule has 0 spiro atoms. The van der Waals surface area contributed by atoms with Crippen LogP contribution in [0.25, 0.3) is 0 Å². The first-order valence-corrected chi connectivity index (χ1v) is 6.82. The molecular formula is C16H20N4O. The van der Waals surface area contributed by atoms with Crippen molar-refractivity contribution in [2.24, 2.45) is 0 Å². The third kappa shape index (κ3) is 4.27. The Balaban J connectivity index is 2.08. The monoisotopic (exact) mass is 284 g/mol. The van der Waals surface area contributed by atoms with Crippen LogP contribution in [0.3, 0.4) is 0 Å². The van der Waals surface area contributed by atoms with Gasteiger partial charge in [0.05, 0.1) is 12.4 Å². The maximum atomic E-state index is 12.1. The molecule has 0 saturated heterocycles. The quantitative estimate of drug-likeness (QED) is 0.908. The number of para-hydroxylation sites is 1. The lowest BCUT2D eigenvalue weighted by atomic mass is 10.1. The molecule has 2 N–H and O–H groups in total. The normalized spacial score (nSPS) is 11.0. The molecule has 0 bridgehead atoms. The average Bonchev–Trinajstić information content (AvgIpc) is 2.40. The fourth-order valence-electron chi connectivity index (χ4n) is 1.79. The van der Waals surface area contributed by atoms with Crippen molar-refractivity contribution in [2.45, 2.75) is 33.2 Å². The number of benzene rings is 1. The molecule has 0 radical (unpaired) electrons. The van der Waals surface area contributed by atoms with E-state index in [1.807, 2.05) is 52.0 Å². The van der Waals surface area contributed by atoms with Crippen LogP contribution in [-0.2, 0) is 0 Å². The number of carbonyl (C=O) groups excluding carboxylic acids is 1. The Kier molecular flexibility index (Phi) is 4.21. The van der Waals surface area contributed by atoms with Gasteiger partial charge in [-0.1, -0.05) is 18.2 Å². The summed E-state index contributed by atoms with van der Waals surface area (Å²) in [6.45, 7) is 8.05. The average molecular weight is 284 g/mol. The molecule has 1 heterocycles. The van der Waals surface area contributed by atoms with Gasteiger partial charge in [-0.15, -0.1) is 0 Å². The third-order valence-electron chi connectivity index (χ3n) is 2.78. The molecule has 5 nitrogen and oxygen atoms in total. The number of aryl methyl sites for hydroxylation is 1. The van der Waals surface area contributed by atoms with Crippen LogP contribution in [0.15, 0.2) is 36.7 Å². The number of hydrogen-bond acceptors (Lipinski definition) is 4. The maximum absolute atomic E-state index is 12.1. The molecule has 0 saturated carbocycles. The van der Waals surface area contributed by atoms with Crippen molar-refractivity contribution >= 4 is 17.4 Å². The summed E-state index contributed by atoms with van der Waals surface area (Å²) in [5.74, 6) is 0.383. The molecule has 0 fully saturated rings. The summed E-state index contributed by atoms with van der Waals surface area (Å²) in [5, 5.41) is 6.03. The lowest BCUT2D eigenvalue weighted by Gasteiger charge is -2.20. The molecule has 0 unspecified atom stereocenters. The minimum absolute atomic E-state index is 0.0976. The van der Waals surface area contributed by atoms with Gasteiger partial charge in [0.25, 0.3) is 5.91 Å². The molecule has 5 heteroatoms. The zero-order valence-corrected chi connectivity index (χ0v) is 12.8. The van der Waals surface area contributed by atoms with Crippen LogP contribution in [0.2, 0.25) is 0 Å². The number of rotatable bonds is 3. The molecule has 1 amide bonds. The first-order valence-electron chi connectivity index (χ1n) is 6.82. The predicted molar refractivity (Wildman–Crippen MR) is 84.5 cm³/mol. The van der Waals surface area contributed by atoms with Gasteiger partial charge in [-0.2, -0.15) is 0 Å². The highest BCUT2D eigenvalue weighted by atomic mass is 16.1. The zero-order valence-electron chi connectivity index (χ0n) is 12.8. The molecule has 0 aliphatic heterocycles. The van der Waals surface area contributed by atoms with Crippen LogP contribution in [0.4, 0.5) is 11.5 Å². The highest BCUT2D eigenvalue weighted by Crippen LogP contribution is 2.15. The van der Waals surface area contributed by atoms with Gasteiger partial charge < -0.3 is 10.6 Å². The van der Waals surface area contributed by atoms with Crippen LogP contribution < -0.4 is 10.6 Å². The highest BCUT2D eigenvalue weighted by molar-refractivity contribution is 6.03. The molecule has 0 atom stereocenters. The zero-order chi connectivity index (χ0) is 15.5. The van der Waals surface area contributed by atoms with Gasteiger partial charge in [-0.05, 0) is 39.3 Å². The van der Waals surface area contributed by atoms with Crippen molar-refractivity contribution in [3.8, 4) is 0 Å². The van der Waals surface area contributed by atoms with Crippen LogP contribution in [0.5, 0.6) is 0 Å². The molecule has 2 rings (SSSR count). The second-order valence-corrected chi connectivity index (χ2v) is 5.93. The van der Waals surface area contributed by atoms with E-state index < -0.39 is 0 Å². The van der Waals surface area contributed by atoms with Crippen LogP contribution in [-0.4, -0.2) is 21.4 Å². The Hall–Kier alpha value is -2.43. The van der Waals surface area contributed by atoms with Crippen molar-refractivity contribution in [1.29, 1.82) is 0 Å². The van der Waals surface area contributed by atoms with E-state index in [0.29, 0.717) is 5.82 Å². The first-order chi connectivity index (χ1) is 9.85. The van der Waals surface area contributed by atoms with Gasteiger partial charge in [0.1, 0.15) is 11.5 Å². The second kappa shape index (κ2) is 5.91. The van der Waals surface area contributed by atoms with Crippen LogP contribution >= 0.6 is 0 Å². The minimum Gasteiger partial charge on any atom is -0.364 e. The molecule has 0 aliphatic carbocycles. The summed E-state index contributed by atoms with van der Waals surface area (Å²) >= 11 is 0. The van der Waals surface area contributed by atoms with Gasteiger partial charge in [0, 0.05) is 11.2 Å². The summed E-state index contributed by atoms with van der Waals surface area (Å²) in [4.78, 5) is 20.5. The number of carbonyl (C=O) groups is 1. The summed E-state index contributed by atoms with van der Waals surface area (Å²) in [6, 6.07) is 7.61. The minimum atomic E-state index is -0.265. The first kappa shape index (κ1) is 15.0. The van der Waals surface area contributed by atoms with E-state index in [4.69, 9.17) is 0 Å². The van der Waals surface area contributed by atoms with E-state index in [1.165, 1.54) is 6.20 Å². The number of amides is 1. The van der Waals surface area contributed by atoms with Gasteiger partial charge in [-0.25, -0.2) is 9.97 Å². The topological polar surface area (TPSA) is 66.9 Å². The molecular weight excluding hydrogens is 264 g/mol. The van der Waals surface area contributed by atoms with Gasteiger partial charge in [-0.3, -0.25) is 4.79 Å². The predicted octanol–water partition coefficient (Wildman–Crippen LogP) is 3.25. The maximum Gasteiger partial charge on any atom is 0.275 e. The van der Waals surface area contributed by atoms with Gasteiger partial charge in [0.2, 0.25) is 0 Å². The van der Waals surface area contributed by atoms with E-state index in [1.54, 1.807) is 6.20 Å². The molecule has 0 aliphatic rings. The smallest absolute Gasteiger partial charge is 0.275 e. The van der Waals surface area contributed by atoms with Gasteiger partial charge >= 0.3 is 0 Å². The van der Waals surface area contributed by atoms with E-state index in [9.17, 15) is 4.79 Å². The Labute approximate surface area is 124 Å². The molecule has 21 heavy (non-hydrogen) atoms. The van der Waals surface area contributed by atoms with Crippen molar-refractivity contribution in [1.82, 2.24) is 9.97 Å². The third-order valence-corrected chi connectivity index (χ3v) is 2.78. The molecule has 110 valence electrons. The number of nitrogens with one attached hydrogen (secondary N) is 2. The Morgan fingerprint density at radius 2 is 1.81 bits per heavy atom. The van der Waals surface area contributed by atoms with E-state index in [0.717, 1.165) is 11.3 Å². The van der Waals surface area contributed by atoms with E-state index >= 15 is 0 Å². The van der Waals surface area contributed by atoms with E-state index in [-0.39, 0.29) is 17.1 Å². The molecule has 2 aromatic rings. The second-order valence-electron chi connectivity index (χ2n) is 5.93. The Morgan fingerprint density at radius 3 is 2.38 bits per heavy atom.